The molecule has 78 valence electrons. The minimum Gasteiger partial charge on any atom is -0.324 e. The molecule has 1 aromatic rings. The van der Waals surface area contributed by atoms with E-state index in [9.17, 15) is 9.46 Å². The van der Waals surface area contributed by atoms with Crippen LogP contribution in [-0.2, 0) is 15.3 Å². The van der Waals surface area contributed by atoms with Gasteiger partial charge in [0.1, 0.15) is 0 Å². The van der Waals surface area contributed by atoms with Crippen LogP contribution in [0.25, 0.3) is 0 Å². The zero-order valence-corrected chi connectivity index (χ0v) is 9.33. The Morgan fingerprint density at radius 1 is 1.36 bits per heavy atom. The monoisotopic (exact) mass is 214 g/mol. The Labute approximate surface area is 84.3 Å². The van der Waals surface area contributed by atoms with Gasteiger partial charge in [0.2, 0.25) is 0 Å². The molecule has 4 heteroatoms. The summed E-state index contributed by atoms with van der Waals surface area (Å²) in [6.45, 7) is 3.95. The third-order valence-electron chi connectivity index (χ3n) is 1.83. The van der Waals surface area contributed by atoms with Crippen molar-refractivity contribution in [1.82, 2.24) is 0 Å². The molecule has 0 aliphatic heterocycles. The Hall–Kier alpha value is -0.630. The normalized spacial score (nSPS) is 15.1. The van der Waals surface area contributed by atoms with Gasteiger partial charge >= 0.3 is 7.60 Å². The Morgan fingerprint density at radius 3 is 2.43 bits per heavy atom. The van der Waals surface area contributed by atoms with E-state index in [0.29, 0.717) is 0 Å². The van der Waals surface area contributed by atoms with Gasteiger partial charge in [-0.1, -0.05) is 29.8 Å². The number of hydrogen-bond acceptors (Lipinski definition) is 2. The predicted octanol–water partition coefficient (Wildman–Crippen LogP) is 2.72. The average Bonchev–Trinajstić information content (AvgIpc) is 2.08. The minimum absolute atomic E-state index is 0.0844. The van der Waals surface area contributed by atoms with E-state index < -0.39 is 7.60 Å². The third kappa shape index (κ3) is 3.62. The first-order valence-electron chi connectivity index (χ1n) is 4.55. The molecule has 0 spiro atoms. The number of benzene rings is 1. The smallest absolute Gasteiger partial charge is 0.324 e. The summed E-state index contributed by atoms with van der Waals surface area (Å²) in [7, 11) is -3.43. The van der Waals surface area contributed by atoms with Gasteiger partial charge in [-0.05, 0) is 19.4 Å². The minimum atomic E-state index is -3.43. The standard InChI is InChI=1S/C10H15O3P/c1-3-13-14(11,12)8-10-6-4-9(2)5-7-10/h4-7H,3,8H2,1-2H3,(H,11,12). The summed E-state index contributed by atoms with van der Waals surface area (Å²) in [6.07, 6.45) is 0.0844. The van der Waals surface area contributed by atoms with Crippen LogP contribution in [0.4, 0.5) is 0 Å². The van der Waals surface area contributed by atoms with Crippen LogP contribution in [0.2, 0.25) is 0 Å². The molecule has 0 bridgehead atoms. The zero-order chi connectivity index (χ0) is 10.6. The van der Waals surface area contributed by atoms with Gasteiger partial charge in [-0.15, -0.1) is 0 Å². The first-order chi connectivity index (χ1) is 6.53. The van der Waals surface area contributed by atoms with Crippen molar-refractivity contribution in [2.24, 2.45) is 0 Å². The molecule has 0 heterocycles. The van der Waals surface area contributed by atoms with Gasteiger partial charge in [-0.25, -0.2) is 0 Å². The molecule has 14 heavy (non-hydrogen) atoms. The molecule has 0 saturated heterocycles. The van der Waals surface area contributed by atoms with E-state index in [0.717, 1.165) is 11.1 Å². The van der Waals surface area contributed by atoms with Gasteiger partial charge in [0, 0.05) is 0 Å². The maximum absolute atomic E-state index is 11.4. The van der Waals surface area contributed by atoms with Crippen molar-refractivity contribution in [3.63, 3.8) is 0 Å². The summed E-state index contributed by atoms with van der Waals surface area (Å²) in [5.74, 6) is 0. The Balaban J connectivity index is 2.69. The van der Waals surface area contributed by atoms with E-state index in [1.807, 2.05) is 31.2 Å². The van der Waals surface area contributed by atoms with Gasteiger partial charge < -0.3 is 9.42 Å². The third-order valence-corrected chi connectivity index (χ3v) is 3.26. The first kappa shape index (κ1) is 11.4. The molecule has 1 N–H and O–H groups in total. The molecule has 0 aliphatic carbocycles. The first-order valence-corrected chi connectivity index (χ1v) is 6.31. The molecule has 0 aliphatic rings. The van der Waals surface area contributed by atoms with Crippen LogP contribution in [0, 0.1) is 6.92 Å². The summed E-state index contributed by atoms with van der Waals surface area (Å²) < 4.78 is 16.2. The predicted molar refractivity (Wildman–Crippen MR) is 56.3 cm³/mol. The van der Waals surface area contributed by atoms with Crippen molar-refractivity contribution in [2.75, 3.05) is 6.61 Å². The van der Waals surface area contributed by atoms with Gasteiger partial charge in [0.05, 0.1) is 12.8 Å². The highest BCUT2D eigenvalue weighted by molar-refractivity contribution is 7.51. The highest BCUT2D eigenvalue weighted by Crippen LogP contribution is 2.45. The number of hydrogen-bond donors (Lipinski definition) is 1. The second kappa shape index (κ2) is 4.74. The van der Waals surface area contributed by atoms with E-state index in [4.69, 9.17) is 4.52 Å². The summed E-state index contributed by atoms with van der Waals surface area (Å²) in [5, 5.41) is 0. The van der Waals surface area contributed by atoms with Gasteiger partial charge in [0.15, 0.2) is 0 Å². The van der Waals surface area contributed by atoms with Crippen molar-refractivity contribution in [3.05, 3.63) is 35.4 Å². The largest absolute Gasteiger partial charge is 0.332 e. The fraction of sp³-hybridized carbons (Fsp3) is 0.400. The number of aryl methyl sites for hydroxylation is 1. The SMILES string of the molecule is CCOP(=O)(O)Cc1ccc(C)cc1. The van der Waals surface area contributed by atoms with E-state index >= 15 is 0 Å². The van der Waals surface area contributed by atoms with Crippen LogP contribution < -0.4 is 0 Å². The van der Waals surface area contributed by atoms with Crippen molar-refractivity contribution >= 4 is 7.60 Å². The highest BCUT2D eigenvalue weighted by atomic mass is 31.2. The maximum atomic E-state index is 11.4. The van der Waals surface area contributed by atoms with E-state index in [1.54, 1.807) is 6.92 Å². The molecular formula is C10H15O3P. The molecule has 0 saturated carbocycles. The summed E-state index contributed by atoms with van der Waals surface area (Å²) >= 11 is 0. The molecule has 1 rings (SSSR count). The molecule has 3 nitrogen and oxygen atoms in total. The topological polar surface area (TPSA) is 46.5 Å². The fourth-order valence-corrected chi connectivity index (χ4v) is 2.34. The Bertz CT molecular complexity index is 332. The number of rotatable bonds is 4. The molecule has 1 unspecified atom stereocenters. The second-order valence-electron chi connectivity index (χ2n) is 3.20. The van der Waals surface area contributed by atoms with Crippen molar-refractivity contribution in [2.45, 2.75) is 20.0 Å². The lowest BCUT2D eigenvalue weighted by Crippen LogP contribution is -1.93. The van der Waals surface area contributed by atoms with Gasteiger partial charge in [0.25, 0.3) is 0 Å². The zero-order valence-electron chi connectivity index (χ0n) is 8.43. The van der Waals surface area contributed by atoms with Crippen LogP contribution in [0.1, 0.15) is 18.1 Å². The summed E-state index contributed by atoms with van der Waals surface area (Å²) in [6, 6.07) is 7.52. The second-order valence-corrected chi connectivity index (χ2v) is 5.05. The van der Waals surface area contributed by atoms with Crippen LogP contribution >= 0.6 is 7.60 Å². The van der Waals surface area contributed by atoms with E-state index in [-0.39, 0.29) is 12.8 Å². The molecule has 0 amide bonds. The van der Waals surface area contributed by atoms with Crippen LogP contribution in [0.5, 0.6) is 0 Å². The lowest BCUT2D eigenvalue weighted by Gasteiger charge is -2.10. The van der Waals surface area contributed by atoms with Crippen molar-refractivity contribution in [1.29, 1.82) is 0 Å². The lowest BCUT2D eigenvalue weighted by molar-refractivity contribution is 0.272. The van der Waals surface area contributed by atoms with Crippen LogP contribution in [0.3, 0.4) is 0 Å². The highest BCUT2D eigenvalue weighted by Gasteiger charge is 2.18. The van der Waals surface area contributed by atoms with Crippen LogP contribution in [0.15, 0.2) is 24.3 Å². The maximum Gasteiger partial charge on any atom is 0.332 e. The van der Waals surface area contributed by atoms with Crippen molar-refractivity contribution < 1.29 is 14.0 Å². The van der Waals surface area contributed by atoms with Gasteiger partial charge in [-0.2, -0.15) is 0 Å². The Kier molecular flexibility index (Phi) is 3.87. The van der Waals surface area contributed by atoms with Crippen molar-refractivity contribution in [3.8, 4) is 0 Å². The fourth-order valence-electron chi connectivity index (χ4n) is 1.17. The van der Waals surface area contributed by atoms with Gasteiger partial charge in [-0.3, -0.25) is 4.57 Å². The molecular weight excluding hydrogens is 199 g/mol. The summed E-state index contributed by atoms with van der Waals surface area (Å²) in [4.78, 5) is 9.37. The molecule has 0 aromatic heterocycles. The Morgan fingerprint density at radius 2 is 1.93 bits per heavy atom. The quantitative estimate of drug-likeness (QED) is 0.784. The molecule has 0 fully saturated rings. The van der Waals surface area contributed by atoms with E-state index in [1.165, 1.54) is 0 Å². The molecule has 1 atom stereocenters. The summed E-state index contributed by atoms with van der Waals surface area (Å²) in [5.41, 5.74) is 1.97. The average molecular weight is 214 g/mol. The van der Waals surface area contributed by atoms with Crippen LogP contribution in [-0.4, -0.2) is 11.5 Å². The molecule has 0 radical (unpaired) electrons. The van der Waals surface area contributed by atoms with E-state index in [2.05, 4.69) is 0 Å². The lowest BCUT2D eigenvalue weighted by atomic mass is 10.2. The molecule has 1 aromatic carbocycles.